The number of fused-ring (bicyclic) bond motifs is 1. The van der Waals surface area contributed by atoms with E-state index in [1.807, 2.05) is 41.4 Å². The van der Waals surface area contributed by atoms with Crippen LogP contribution < -0.4 is 0 Å². The quantitative estimate of drug-likeness (QED) is 0.624. The molecule has 2 aliphatic heterocycles. The third-order valence-corrected chi connectivity index (χ3v) is 6.24. The van der Waals surface area contributed by atoms with Gasteiger partial charge in [0.1, 0.15) is 11.4 Å². The minimum atomic E-state index is -0.227. The summed E-state index contributed by atoms with van der Waals surface area (Å²) in [6.45, 7) is 2.84. The highest BCUT2D eigenvalue weighted by Gasteiger charge is 2.51. The Bertz CT molecular complexity index is 1060. The minimum absolute atomic E-state index is 0.0612. The van der Waals surface area contributed by atoms with Gasteiger partial charge in [-0.25, -0.2) is 4.39 Å². The number of aromatic nitrogens is 1. The molecule has 0 aliphatic carbocycles. The Morgan fingerprint density at radius 3 is 2.93 bits per heavy atom. The molecule has 3 aromatic rings. The first-order valence-electron chi connectivity index (χ1n) is 10.4. The molecule has 0 radical (unpaired) electrons. The lowest BCUT2D eigenvalue weighted by atomic mass is 9.85. The molecule has 5 nitrogen and oxygen atoms in total. The van der Waals surface area contributed by atoms with E-state index in [1.54, 1.807) is 12.1 Å². The van der Waals surface area contributed by atoms with E-state index in [2.05, 4.69) is 4.98 Å². The molecule has 156 valence electrons. The number of ether oxygens (including phenoxy) is 2. The Balaban J connectivity index is 1.10. The molecule has 5 rings (SSSR count). The van der Waals surface area contributed by atoms with E-state index in [-0.39, 0.29) is 17.3 Å². The predicted octanol–water partition coefficient (Wildman–Crippen LogP) is 4.15. The molecule has 2 fully saturated rings. The van der Waals surface area contributed by atoms with Crippen LogP contribution in [0.2, 0.25) is 0 Å². The van der Waals surface area contributed by atoms with Gasteiger partial charge in [0, 0.05) is 34.8 Å². The largest absolute Gasteiger partial charge is 0.377 e. The molecule has 0 bridgehead atoms. The molecule has 30 heavy (non-hydrogen) atoms. The number of carbonyl (C=O) groups excluding carboxylic acids is 1. The van der Waals surface area contributed by atoms with E-state index < -0.39 is 0 Å². The average molecular weight is 408 g/mol. The predicted molar refractivity (Wildman–Crippen MR) is 112 cm³/mol. The number of likely N-dealkylation sites (tertiary alicyclic amines) is 1. The van der Waals surface area contributed by atoms with Gasteiger partial charge in [0.15, 0.2) is 0 Å². The number of hydrogen-bond donors (Lipinski definition) is 1. The van der Waals surface area contributed by atoms with Gasteiger partial charge < -0.3 is 19.4 Å². The Kier molecular flexibility index (Phi) is 5.05. The number of nitrogens with one attached hydrogen (secondary N) is 1. The number of H-pyrrole nitrogens is 1. The average Bonchev–Trinajstić information content (AvgIpc) is 3.38. The first kappa shape index (κ1) is 19.3. The second-order valence-electron chi connectivity index (χ2n) is 8.40. The van der Waals surface area contributed by atoms with Crippen molar-refractivity contribution >= 4 is 16.8 Å². The van der Waals surface area contributed by atoms with Gasteiger partial charge in [-0.2, -0.15) is 0 Å². The van der Waals surface area contributed by atoms with Crippen LogP contribution in [0.5, 0.6) is 0 Å². The number of rotatable bonds is 6. The fourth-order valence-corrected chi connectivity index (χ4v) is 4.63. The van der Waals surface area contributed by atoms with E-state index in [9.17, 15) is 9.18 Å². The highest BCUT2D eigenvalue weighted by molar-refractivity contribution is 6.06. The monoisotopic (exact) mass is 408 g/mol. The number of hydrogen-bond acceptors (Lipinski definition) is 3. The van der Waals surface area contributed by atoms with Crippen molar-refractivity contribution in [2.45, 2.75) is 25.0 Å². The van der Waals surface area contributed by atoms with Gasteiger partial charge in [-0.3, -0.25) is 4.79 Å². The standard InChI is InChI=1S/C24H25FN2O3/c25-21-6-2-1-4-18(21)14-29-11-9-17-12-24(30-13-17)15-27(16-24)23(28)20-5-3-7-22-19(20)8-10-26-22/h1-8,10,17,26H,9,11-16H2. The molecule has 1 unspecified atom stereocenters. The van der Waals surface area contributed by atoms with E-state index in [0.717, 1.165) is 29.3 Å². The summed E-state index contributed by atoms with van der Waals surface area (Å²) in [6.07, 6.45) is 3.68. The maximum absolute atomic E-state index is 13.6. The summed E-state index contributed by atoms with van der Waals surface area (Å²) in [7, 11) is 0. The van der Waals surface area contributed by atoms with Crippen LogP contribution in [0.3, 0.4) is 0 Å². The number of carbonyl (C=O) groups is 1. The van der Waals surface area contributed by atoms with Gasteiger partial charge in [-0.15, -0.1) is 0 Å². The van der Waals surface area contributed by atoms with E-state index in [1.165, 1.54) is 6.07 Å². The Morgan fingerprint density at radius 1 is 1.20 bits per heavy atom. The summed E-state index contributed by atoms with van der Waals surface area (Å²) in [5, 5.41) is 0.959. The maximum atomic E-state index is 13.6. The molecule has 1 atom stereocenters. The third-order valence-electron chi connectivity index (χ3n) is 6.24. The summed E-state index contributed by atoms with van der Waals surface area (Å²) in [4.78, 5) is 18.0. The van der Waals surface area contributed by atoms with Gasteiger partial charge in [0.2, 0.25) is 0 Å². The molecule has 1 N–H and O–H groups in total. The number of aromatic amines is 1. The zero-order valence-electron chi connectivity index (χ0n) is 16.8. The van der Waals surface area contributed by atoms with Crippen LogP contribution in [0.25, 0.3) is 10.9 Å². The molecule has 2 aliphatic rings. The van der Waals surface area contributed by atoms with Gasteiger partial charge in [-0.05, 0) is 43.0 Å². The zero-order valence-corrected chi connectivity index (χ0v) is 16.8. The van der Waals surface area contributed by atoms with Gasteiger partial charge in [0.05, 0.1) is 26.3 Å². The second kappa shape index (κ2) is 7.85. The van der Waals surface area contributed by atoms with E-state index in [4.69, 9.17) is 9.47 Å². The number of nitrogens with zero attached hydrogens (tertiary/aromatic N) is 1. The summed E-state index contributed by atoms with van der Waals surface area (Å²) < 4.78 is 25.4. The number of benzene rings is 2. The van der Waals surface area contributed by atoms with Crippen LogP contribution in [0.4, 0.5) is 4.39 Å². The molecule has 3 heterocycles. The third kappa shape index (κ3) is 3.61. The lowest BCUT2D eigenvalue weighted by Gasteiger charge is -2.47. The zero-order chi connectivity index (χ0) is 20.6. The van der Waals surface area contributed by atoms with Crippen LogP contribution in [-0.2, 0) is 16.1 Å². The van der Waals surface area contributed by atoms with Crippen molar-refractivity contribution < 1.29 is 18.7 Å². The van der Waals surface area contributed by atoms with Crippen molar-refractivity contribution in [3.8, 4) is 0 Å². The van der Waals surface area contributed by atoms with Crippen molar-refractivity contribution in [2.75, 3.05) is 26.3 Å². The van der Waals surface area contributed by atoms with Gasteiger partial charge in [0.25, 0.3) is 5.91 Å². The first-order chi connectivity index (χ1) is 14.6. The Morgan fingerprint density at radius 2 is 2.07 bits per heavy atom. The molecular formula is C24H25FN2O3. The topological polar surface area (TPSA) is 54.6 Å². The second-order valence-corrected chi connectivity index (χ2v) is 8.40. The molecule has 2 saturated heterocycles. The summed E-state index contributed by atoms with van der Waals surface area (Å²) in [5.74, 6) is 0.247. The van der Waals surface area contributed by atoms with Crippen LogP contribution in [0.15, 0.2) is 54.7 Å². The van der Waals surface area contributed by atoms with Crippen LogP contribution in [0.1, 0.15) is 28.8 Å². The van der Waals surface area contributed by atoms with E-state index in [0.29, 0.717) is 44.4 Å². The first-order valence-corrected chi connectivity index (χ1v) is 10.4. The molecule has 2 aromatic carbocycles. The normalized spacial score (nSPS) is 20.0. The lowest BCUT2D eigenvalue weighted by molar-refractivity contribution is -0.0950. The van der Waals surface area contributed by atoms with Crippen LogP contribution in [0, 0.1) is 11.7 Å². The van der Waals surface area contributed by atoms with Crippen molar-refractivity contribution in [1.29, 1.82) is 0 Å². The molecule has 1 aromatic heterocycles. The summed E-state index contributed by atoms with van der Waals surface area (Å²) in [6, 6.07) is 14.4. The van der Waals surface area contributed by atoms with Crippen molar-refractivity contribution in [3.63, 3.8) is 0 Å². The lowest BCUT2D eigenvalue weighted by Crippen LogP contribution is -2.63. The van der Waals surface area contributed by atoms with E-state index >= 15 is 0 Å². The minimum Gasteiger partial charge on any atom is -0.377 e. The highest BCUT2D eigenvalue weighted by Crippen LogP contribution is 2.40. The summed E-state index contributed by atoms with van der Waals surface area (Å²) >= 11 is 0. The number of amides is 1. The van der Waals surface area contributed by atoms with Crippen molar-refractivity contribution in [3.05, 3.63) is 71.7 Å². The Labute approximate surface area is 174 Å². The fraction of sp³-hybridized carbons (Fsp3) is 0.375. The van der Waals surface area contributed by atoms with Crippen molar-refractivity contribution in [1.82, 2.24) is 9.88 Å². The van der Waals surface area contributed by atoms with Crippen LogP contribution in [-0.4, -0.2) is 47.7 Å². The van der Waals surface area contributed by atoms with Crippen LogP contribution >= 0.6 is 0 Å². The maximum Gasteiger partial charge on any atom is 0.254 e. The molecule has 6 heteroatoms. The smallest absolute Gasteiger partial charge is 0.254 e. The molecule has 1 amide bonds. The summed E-state index contributed by atoms with van der Waals surface area (Å²) in [5.41, 5.74) is 2.09. The highest BCUT2D eigenvalue weighted by atomic mass is 19.1. The molecule has 1 spiro atoms. The number of halogens is 1. The Hall–Kier alpha value is -2.70. The molecular weight excluding hydrogens is 383 g/mol. The molecule has 0 saturated carbocycles. The van der Waals surface area contributed by atoms with Gasteiger partial charge >= 0.3 is 0 Å². The van der Waals surface area contributed by atoms with Gasteiger partial charge in [-0.1, -0.05) is 24.3 Å². The SMILES string of the molecule is O=C(c1cccc2[nH]ccc12)N1CC2(CC(CCOCc3ccccc3F)CO2)C1. The van der Waals surface area contributed by atoms with Crippen molar-refractivity contribution in [2.24, 2.45) is 5.92 Å². The fourth-order valence-electron chi connectivity index (χ4n) is 4.63.